The molecule has 0 unspecified atom stereocenters. The molecule has 0 aliphatic carbocycles. The Morgan fingerprint density at radius 1 is 1.16 bits per heavy atom. The fraction of sp³-hybridized carbons (Fsp3) is 0.300. The number of furan rings is 1. The van der Waals surface area contributed by atoms with Gasteiger partial charge in [0.1, 0.15) is 0 Å². The van der Waals surface area contributed by atoms with Crippen LogP contribution in [0.4, 0.5) is 11.4 Å². The van der Waals surface area contributed by atoms with E-state index in [4.69, 9.17) is 25.5 Å². The van der Waals surface area contributed by atoms with E-state index in [-0.39, 0.29) is 16.5 Å². The van der Waals surface area contributed by atoms with E-state index in [2.05, 4.69) is 20.9 Å². The molecule has 0 bridgehead atoms. The smallest absolute Gasteiger partial charge is 0.291 e. The Bertz CT molecular complexity index is 1010. The first-order valence-electron chi connectivity index (χ1n) is 9.59. The predicted octanol–water partition coefficient (Wildman–Crippen LogP) is 3.43. The third-order valence-electron chi connectivity index (χ3n) is 4.03. The maximum atomic E-state index is 12.5. The quantitative estimate of drug-likeness (QED) is 0.457. The average Bonchev–Trinajstić information content (AvgIpc) is 3.43. The van der Waals surface area contributed by atoms with Crippen LogP contribution in [0, 0.1) is 0 Å². The van der Waals surface area contributed by atoms with E-state index in [1.165, 1.54) is 29.3 Å². The molecule has 11 heteroatoms. The predicted molar refractivity (Wildman–Crippen MR) is 113 cm³/mol. The Morgan fingerprint density at radius 2 is 1.94 bits per heavy atom. The van der Waals surface area contributed by atoms with E-state index in [0.29, 0.717) is 31.1 Å². The van der Waals surface area contributed by atoms with E-state index >= 15 is 0 Å². The molecule has 0 saturated carbocycles. The number of halogens is 1. The second kappa shape index (κ2) is 10.7. The van der Waals surface area contributed by atoms with Crippen molar-refractivity contribution in [3.8, 4) is 0 Å². The van der Waals surface area contributed by atoms with Gasteiger partial charge in [0.05, 0.1) is 29.7 Å². The van der Waals surface area contributed by atoms with Crippen LogP contribution in [-0.2, 0) is 16.0 Å². The average molecular weight is 448 g/mol. The van der Waals surface area contributed by atoms with Crippen LogP contribution in [-0.4, -0.2) is 46.3 Å². The Labute approximate surface area is 183 Å². The Morgan fingerprint density at radius 3 is 2.58 bits per heavy atom. The molecule has 3 aromatic rings. The monoisotopic (exact) mass is 447 g/mol. The molecule has 164 valence electrons. The minimum absolute atomic E-state index is 0.123. The van der Waals surface area contributed by atoms with E-state index in [1.54, 1.807) is 18.2 Å². The zero-order valence-corrected chi connectivity index (χ0v) is 17.8. The molecule has 0 saturated heterocycles. The third-order valence-corrected chi connectivity index (χ3v) is 4.35. The summed E-state index contributed by atoms with van der Waals surface area (Å²) in [5.74, 6) is -0.732. The number of rotatable bonds is 10. The van der Waals surface area contributed by atoms with Crippen molar-refractivity contribution in [1.29, 1.82) is 0 Å². The number of benzene rings is 1. The van der Waals surface area contributed by atoms with Crippen LogP contribution in [0.5, 0.6) is 0 Å². The van der Waals surface area contributed by atoms with Crippen LogP contribution >= 0.6 is 11.6 Å². The highest BCUT2D eigenvalue weighted by molar-refractivity contribution is 6.34. The lowest BCUT2D eigenvalue weighted by Gasteiger charge is -2.16. The van der Waals surface area contributed by atoms with Crippen LogP contribution in [0.15, 0.2) is 47.2 Å². The number of hydrogen-bond acceptors (Lipinski definition) is 7. The maximum absolute atomic E-state index is 12.5. The van der Waals surface area contributed by atoms with Crippen molar-refractivity contribution in [3.63, 3.8) is 0 Å². The standard InChI is InChI=1S/C20H22ClN5O5/c1-3-29-18(30-4-2)12-26-11-16(24-25-26)19(27)22-13-7-8-15(14(21)10-13)23-20(28)17-6-5-9-31-17/h5-11,18H,3-4,12H2,1-2H3,(H,22,27)(H,23,28). The lowest BCUT2D eigenvalue weighted by atomic mass is 10.2. The number of amides is 2. The molecule has 0 atom stereocenters. The maximum Gasteiger partial charge on any atom is 0.291 e. The lowest BCUT2D eigenvalue weighted by molar-refractivity contribution is -0.145. The van der Waals surface area contributed by atoms with Gasteiger partial charge >= 0.3 is 0 Å². The molecule has 0 fully saturated rings. The first-order valence-corrected chi connectivity index (χ1v) is 9.97. The number of carbonyl (C=O) groups excluding carboxylic acids is 2. The van der Waals surface area contributed by atoms with Gasteiger partial charge in [0.2, 0.25) is 0 Å². The van der Waals surface area contributed by atoms with Gasteiger partial charge in [0, 0.05) is 18.9 Å². The van der Waals surface area contributed by atoms with Gasteiger partial charge in [0.25, 0.3) is 11.8 Å². The van der Waals surface area contributed by atoms with Crippen LogP contribution in [0.3, 0.4) is 0 Å². The van der Waals surface area contributed by atoms with Crippen molar-refractivity contribution >= 4 is 34.8 Å². The summed E-state index contributed by atoms with van der Waals surface area (Å²) >= 11 is 6.23. The minimum Gasteiger partial charge on any atom is -0.459 e. The van der Waals surface area contributed by atoms with Gasteiger partial charge in [-0.1, -0.05) is 16.8 Å². The SMILES string of the molecule is CCOC(Cn1cc(C(=O)Nc2ccc(NC(=O)c3ccco3)c(Cl)c2)nn1)OCC. The van der Waals surface area contributed by atoms with Gasteiger partial charge in [-0.25, -0.2) is 4.68 Å². The van der Waals surface area contributed by atoms with Crippen molar-refractivity contribution in [2.24, 2.45) is 0 Å². The van der Waals surface area contributed by atoms with Crippen molar-refractivity contribution < 1.29 is 23.5 Å². The molecule has 0 radical (unpaired) electrons. The van der Waals surface area contributed by atoms with Gasteiger partial charge in [-0.05, 0) is 44.2 Å². The second-order valence-electron chi connectivity index (χ2n) is 6.25. The van der Waals surface area contributed by atoms with Crippen LogP contribution in [0.25, 0.3) is 0 Å². The molecule has 2 amide bonds. The van der Waals surface area contributed by atoms with Gasteiger partial charge in [-0.3, -0.25) is 9.59 Å². The lowest BCUT2D eigenvalue weighted by Crippen LogP contribution is -2.24. The number of ether oxygens (including phenoxy) is 2. The Balaban J connectivity index is 1.61. The van der Waals surface area contributed by atoms with Gasteiger partial charge < -0.3 is 24.5 Å². The number of nitrogens with one attached hydrogen (secondary N) is 2. The van der Waals surface area contributed by atoms with E-state index in [0.717, 1.165) is 0 Å². The Hall–Kier alpha value is -3.21. The summed E-state index contributed by atoms with van der Waals surface area (Å²) in [6.07, 6.45) is 2.43. The second-order valence-corrected chi connectivity index (χ2v) is 6.65. The molecule has 3 rings (SSSR count). The van der Waals surface area contributed by atoms with E-state index in [9.17, 15) is 9.59 Å². The van der Waals surface area contributed by atoms with E-state index in [1.807, 2.05) is 13.8 Å². The summed E-state index contributed by atoms with van der Waals surface area (Å²) in [4.78, 5) is 24.5. The van der Waals surface area contributed by atoms with Crippen molar-refractivity contribution in [1.82, 2.24) is 15.0 Å². The summed E-state index contributed by atoms with van der Waals surface area (Å²) in [6.45, 7) is 5.02. The fourth-order valence-corrected chi connectivity index (χ4v) is 2.88. The summed E-state index contributed by atoms with van der Waals surface area (Å²) in [5, 5.41) is 13.4. The molecule has 1 aromatic carbocycles. The first kappa shape index (κ1) is 22.5. The van der Waals surface area contributed by atoms with Gasteiger partial charge in [-0.15, -0.1) is 5.10 Å². The highest BCUT2D eigenvalue weighted by atomic mass is 35.5. The first-order chi connectivity index (χ1) is 15.0. The number of nitrogens with zero attached hydrogens (tertiary/aromatic N) is 3. The van der Waals surface area contributed by atoms with E-state index < -0.39 is 18.1 Å². The zero-order valence-electron chi connectivity index (χ0n) is 17.0. The topological polar surface area (TPSA) is 121 Å². The largest absolute Gasteiger partial charge is 0.459 e. The molecular weight excluding hydrogens is 426 g/mol. The number of aromatic nitrogens is 3. The van der Waals surface area contributed by atoms with Gasteiger partial charge in [-0.2, -0.15) is 0 Å². The normalized spacial score (nSPS) is 11.0. The van der Waals surface area contributed by atoms with Crippen LogP contribution in [0.1, 0.15) is 34.9 Å². The molecule has 31 heavy (non-hydrogen) atoms. The molecule has 0 aliphatic heterocycles. The van der Waals surface area contributed by atoms with Crippen LogP contribution < -0.4 is 10.6 Å². The number of hydrogen-bond donors (Lipinski definition) is 2. The minimum atomic E-state index is -0.477. The number of carbonyl (C=O) groups is 2. The summed E-state index contributed by atoms with van der Waals surface area (Å²) in [7, 11) is 0. The Kier molecular flexibility index (Phi) is 7.76. The third kappa shape index (κ3) is 6.14. The molecule has 0 aliphatic rings. The molecule has 2 aromatic heterocycles. The van der Waals surface area contributed by atoms with Crippen molar-refractivity contribution in [2.45, 2.75) is 26.7 Å². The summed E-state index contributed by atoms with van der Waals surface area (Å²) in [5.41, 5.74) is 0.935. The van der Waals surface area contributed by atoms with Crippen molar-refractivity contribution in [2.75, 3.05) is 23.8 Å². The molecule has 0 spiro atoms. The molecule has 2 heterocycles. The molecule has 10 nitrogen and oxygen atoms in total. The summed E-state index contributed by atoms with van der Waals surface area (Å²) < 4.78 is 17.5. The zero-order chi connectivity index (χ0) is 22.2. The molecule has 2 N–H and O–H groups in total. The highest BCUT2D eigenvalue weighted by Gasteiger charge is 2.16. The summed E-state index contributed by atoms with van der Waals surface area (Å²) in [6, 6.07) is 7.84. The van der Waals surface area contributed by atoms with Crippen molar-refractivity contribution in [3.05, 3.63) is 59.3 Å². The molecular formula is C20H22ClN5O5. The number of anilines is 2. The van der Waals surface area contributed by atoms with Crippen LogP contribution in [0.2, 0.25) is 5.02 Å². The van der Waals surface area contributed by atoms with Gasteiger partial charge in [0.15, 0.2) is 17.7 Å². The fourth-order valence-electron chi connectivity index (χ4n) is 2.65. The highest BCUT2D eigenvalue weighted by Crippen LogP contribution is 2.26.